The van der Waals surface area contributed by atoms with Gasteiger partial charge in [-0.3, -0.25) is 0 Å². The minimum Gasteiger partial charge on any atom is -0.503 e. The maximum Gasteiger partial charge on any atom is 0.318 e. The van der Waals surface area contributed by atoms with Gasteiger partial charge in [0.05, 0.1) is 25.0 Å². The first-order chi connectivity index (χ1) is 18.9. The largest absolute Gasteiger partial charge is 0.503 e. The average molecular weight is 539 g/mol. The van der Waals surface area contributed by atoms with Gasteiger partial charge < -0.3 is 29.9 Å². The SMILES string of the molecule is CN1CCCC1.COc1nc2c(c(N3CC4CCC(C3)N4)n1)CCN(c1c(F)c(O)c(F)c3ccccc13)C2. The molecule has 10 heteroatoms. The molecule has 2 unspecified atom stereocenters. The van der Waals surface area contributed by atoms with E-state index in [0.29, 0.717) is 37.0 Å². The molecule has 0 aliphatic carbocycles. The highest BCUT2D eigenvalue weighted by molar-refractivity contribution is 5.96. The molecule has 7 rings (SSSR count). The van der Waals surface area contributed by atoms with Gasteiger partial charge in [0.25, 0.3) is 0 Å². The van der Waals surface area contributed by atoms with Crippen molar-refractivity contribution >= 4 is 22.3 Å². The van der Waals surface area contributed by atoms with Crippen molar-refractivity contribution in [2.45, 2.75) is 50.7 Å². The Kier molecular flexibility index (Phi) is 7.16. The standard InChI is InChI=1S/C24H25F2N5O2.C5H11N/c1-33-24-28-18-12-30(21-16-5-3-2-4-15(16)19(25)22(32)20(21)26)9-8-17(18)23(29-24)31-10-13-6-7-14(11-31)27-13;1-6-4-2-3-5-6/h2-5,13-14,27,32H,6-12H2,1H3;2-5H2,1H3. The second kappa shape index (κ2) is 10.7. The summed E-state index contributed by atoms with van der Waals surface area (Å²) in [4.78, 5) is 15.8. The van der Waals surface area contributed by atoms with Crippen molar-refractivity contribution in [3.05, 3.63) is 47.2 Å². The number of halogens is 2. The van der Waals surface area contributed by atoms with E-state index in [4.69, 9.17) is 9.72 Å². The molecule has 8 nitrogen and oxygen atoms in total. The quantitative estimate of drug-likeness (QED) is 0.521. The molecule has 2 atom stereocenters. The van der Waals surface area contributed by atoms with Gasteiger partial charge in [0, 0.05) is 48.1 Å². The molecule has 4 aliphatic heterocycles. The minimum atomic E-state index is -0.952. The fraction of sp³-hybridized carbons (Fsp3) is 0.517. The van der Waals surface area contributed by atoms with Gasteiger partial charge in [-0.25, -0.2) is 8.78 Å². The molecule has 2 aromatic carbocycles. The van der Waals surface area contributed by atoms with E-state index in [2.05, 4.69) is 27.1 Å². The van der Waals surface area contributed by atoms with Crippen LogP contribution in [0.25, 0.3) is 10.8 Å². The van der Waals surface area contributed by atoms with Gasteiger partial charge in [0.1, 0.15) is 5.82 Å². The third-order valence-corrected chi connectivity index (χ3v) is 8.41. The molecule has 3 aromatic rings. The van der Waals surface area contributed by atoms with Crippen molar-refractivity contribution in [1.82, 2.24) is 20.2 Å². The van der Waals surface area contributed by atoms with E-state index in [1.807, 2.05) is 4.90 Å². The number of ether oxygens (including phenoxy) is 1. The number of likely N-dealkylation sites (tertiary alicyclic amines) is 1. The Hall–Kier alpha value is -3.24. The Morgan fingerprint density at radius 1 is 0.949 bits per heavy atom. The van der Waals surface area contributed by atoms with Crippen molar-refractivity contribution in [3.8, 4) is 11.8 Å². The summed E-state index contributed by atoms with van der Waals surface area (Å²) in [6, 6.07) is 7.83. The molecular formula is C29H36F2N6O2. The van der Waals surface area contributed by atoms with Crippen LogP contribution in [0.15, 0.2) is 24.3 Å². The topological polar surface area (TPSA) is 77.0 Å². The summed E-state index contributed by atoms with van der Waals surface area (Å²) in [7, 11) is 3.71. The lowest BCUT2D eigenvalue weighted by Gasteiger charge is -2.37. The van der Waals surface area contributed by atoms with Crippen molar-refractivity contribution in [1.29, 1.82) is 0 Å². The molecule has 0 spiro atoms. The fourth-order valence-corrected chi connectivity index (χ4v) is 6.42. The third-order valence-electron chi connectivity index (χ3n) is 8.41. The molecule has 0 amide bonds. The van der Waals surface area contributed by atoms with Gasteiger partial charge in [0.15, 0.2) is 17.4 Å². The van der Waals surface area contributed by atoms with Gasteiger partial charge in [-0.2, -0.15) is 9.97 Å². The van der Waals surface area contributed by atoms with Crippen LogP contribution in [0, 0.1) is 11.6 Å². The fourth-order valence-electron chi connectivity index (χ4n) is 6.42. The van der Waals surface area contributed by atoms with Gasteiger partial charge in [0.2, 0.25) is 0 Å². The molecule has 2 N–H and O–H groups in total. The van der Waals surface area contributed by atoms with E-state index in [9.17, 15) is 9.50 Å². The Labute approximate surface area is 227 Å². The minimum absolute atomic E-state index is 0.189. The van der Waals surface area contributed by atoms with Crippen LogP contribution < -0.4 is 19.9 Å². The lowest BCUT2D eigenvalue weighted by molar-refractivity contribution is 0.374. The third kappa shape index (κ3) is 4.96. The number of phenolic OH excluding ortho intramolecular Hbond substituents is 1. The highest BCUT2D eigenvalue weighted by Gasteiger charge is 2.36. The van der Waals surface area contributed by atoms with E-state index in [0.717, 1.165) is 30.2 Å². The zero-order chi connectivity index (χ0) is 27.1. The molecule has 2 bridgehead atoms. The number of piperazine rings is 1. The molecule has 3 saturated heterocycles. The van der Waals surface area contributed by atoms with E-state index in [1.54, 1.807) is 31.4 Å². The number of hydrogen-bond acceptors (Lipinski definition) is 8. The summed E-state index contributed by atoms with van der Waals surface area (Å²) in [5, 5.41) is 14.4. The van der Waals surface area contributed by atoms with Crippen molar-refractivity contribution < 1.29 is 18.6 Å². The van der Waals surface area contributed by atoms with E-state index >= 15 is 4.39 Å². The molecular weight excluding hydrogens is 502 g/mol. The number of hydrogen-bond donors (Lipinski definition) is 2. The van der Waals surface area contributed by atoms with Crippen LogP contribution in [0.5, 0.6) is 11.8 Å². The number of nitrogens with one attached hydrogen (secondary N) is 1. The first-order valence-corrected chi connectivity index (χ1v) is 13.9. The normalized spacial score (nSPS) is 22.6. The van der Waals surface area contributed by atoms with Crippen LogP contribution in [0.2, 0.25) is 0 Å². The maximum absolute atomic E-state index is 15.2. The predicted molar refractivity (Wildman–Crippen MR) is 148 cm³/mol. The molecule has 208 valence electrons. The van der Waals surface area contributed by atoms with Crippen molar-refractivity contribution in [2.24, 2.45) is 0 Å². The van der Waals surface area contributed by atoms with Crippen LogP contribution in [0.4, 0.5) is 20.3 Å². The second-order valence-electron chi connectivity index (χ2n) is 11.1. The molecule has 5 heterocycles. The van der Waals surface area contributed by atoms with E-state index in [1.165, 1.54) is 38.8 Å². The number of methoxy groups -OCH3 is 1. The highest BCUT2D eigenvalue weighted by atomic mass is 19.1. The zero-order valence-corrected chi connectivity index (χ0v) is 22.6. The first kappa shape index (κ1) is 26.0. The predicted octanol–water partition coefficient (Wildman–Crippen LogP) is 3.84. The number of nitrogens with zero attached hydrogens (tertiary/aromatic N) is 5. The number of phenols is 1. The van der Waals surface area contributed by atoms with Crippen LogP contribution in [-0.2, 0) is 13.0 Å². The summed E-state index contributed by atoms with van der Waals surface area (Å²) >= 11 is 0. The number of benzene rings is 2. The summed E-state index contributed by atoms with van der Waals surface area (Å²) < 4.78 is 35.1. The lowest BCUT2D eigenvalue weighted by atomic mass is 10.0. The van der Waals surface area contributed by atoms with Crippen molar-refractivity contribution in [3.63, 3.8) is 0 Å². The summed E-state index contributed by atoms with van der Waals surface area (Å²) in [5.74, 6) is -1.95. The number of anilines is 2. The number of aromatic hydroxyl groups is 1. The van der Waals surface area contributed by atoms with Crippen LogP contribution in [0.1, 0.15) is 36.9 Å². The van der Waals surface area contributed by atoms with Gasteiger partial charge in [-0.05, 0) is 52.2 Å². The summed E-state index contributed by atoms with van der Waals surface area (Å²) in [6.45, 7) is 5.22. The van der Waals surface area contributed by atoms with Gasteiger partial charge >= 0.3 is 6.01 Å². The number of fused-ring (bicyclic) bond motifs is 4. The Morgan fingerprint density at radius 2 is 1.64 bits per heavy atom. The molecule has 3 fully saturated rings. The van der Waals surface area contributed by atoms with Gasteiger partial charge in [-0.15, -0.1) is 0 Å². The molecule has 4 aliphatic rings. The van der Waals surface area contributed by atoms with Crippen LogP contribution >= 0.6 is 0 Å². The Balaban J connectivity index is 0.000000410. The summed E-state index contributed by atoms with van der Waals surface area (Å²) in [6.07, 6.45) is 5.77. The lowest BCUT2D eigenvalue weighted by Crippen LogP contribution is -2.52. The smallest absolute Gasteiger partial charge is 0.318 e. The van der Waals surface area contributed by atoms with Crippen molar-refractivity contribution in [2.75, 3.05) is 56.7 Å². The monoisotopic (exact) mass is 538 g/mol. The summed E-state index contributed by atoms with van der Waals surface area (Å²) in [5.41, 5.74) is 2.00. The number of rotatable bonds is 3. The maximum atomic E-state index is 15.2. The second-order valence-corrected chi connectivity index (χ2v) is 11.1. The molecule has 39 heavy (non-hydrogen) atoms. The molecule has 0 saturated carbocycles. The average Bonchev–Trinajstić information content (AvgIpc) is 3.58. The molecule has 0 radical (unpaired) electrons. The first-order valence-electron chi connectivity index (χ1n) is 13.9. The Morgan fingerprint density at radius 3 is 2.28 bits per heavy atom. The van der Waals surface area contributed by atoms with E-state index in [-0.39, 0.29) is 17.1 Å². The van der Waals surface area contributed by atoms with Crippen LogP contribution in [0.3, 0.4) is 0 Å². The molecule has 1 aromatic heterocycles. The number of aromatic nitrogens is 2. The Bertz CT molecular complexity index is 1350. The van der Waals surface area contributed by atoms with E-state index < -0.39 is 17.4 Å². The van der Waals surface area contributed by atoms with Crippen LogP contribution in [-0.4, -0.2) is 78.9 Å². The van der Waals surface area contributed by atoms with Gasteiger partial charge in [-0.1, -0.05) is 24.3 Å². The zero-order valence-electron chi connectivity index (χ0n) is 22.6. The highest BCUT2D eigenvalue weighted by Crippen LogP contribution is 2.41.